The normalized spacial score (nSPS) is 15.0. The van der Waals surface area contributed by atoms with Crippen LogP contribution >= 0.6 is 23.4 Å². The molecule has 1 aromatic carbocycles. The first kappa shape index (κ1) is 18.9. The Balaban J connectivity index is 1.35. The van der Waals surface area contributed by atoms with Gasteiger partial charge in [-0.15, -0.1) is 11.8 Å². The fourth-order valence-electron chi connectivity index (χ4n) is 2.89. The number of benzene rings is 1. The van der Waals surface area contributed by atoms with Gasteiger partial charge in [0.05, 0.1) is 11.8 Å². The Labute approximate surface area is 162 Å². The number of furan rings is 1. The molecular formula is C19H21ClN2O3S. The quantitative estimate of drug-likeness (QED) is 0.759. The Hall–Kier alpha value is -1.92. The highest BCUT2D eigenvalue weighted by Crippen LogP contribution is 2.21. The van der Waals surface area contributed by atoms with Crippen LogP contribution in [-0.4, -0.2) is 41.6 Å². The van der Waals surface area contributed by atoms with Gasteiger partial charge in [-0.25, -0.2) is 0 Å². The van der Waals surface area contributed by atoms with Gasteiger partial charge in [-0.1, -0.05) is 11.6 Å². The molecule has 0 atom stereocenters. The van der Waals surface area contributed by atoms with E-state index in [4.69, 9.17) is 16.0 Å². The van der Waals surface area contributed by atoms with Crippen LogP contribution in [0.15, 0.2) is 52.2 Å². The summed E-state index contributed by atoms with van der Waals surface area (Å²) in [6, 6.07) is 9.42. The number of nitrogens with zero attached hydrogens (tertiary/aromatic N) is 1. The third-order valence-electron chi connectivity index (χ3n) is 4.33. The maximum Gasteiger partial charge on any atom is 0.257 e. The third-order valence-corrected chi connectivity index (χ3v) is 5.59. The first-order valence-corrected chi connectivity index (χ1v) is 9.97. The van der Waals surface area contributed by atoms with Crippen LogP contribution in [0.4, 0.5) is 0 Å². The molecular weight excluding hydrogens is 372 g/mol. The lowest BCUT2D eigenvalue weighted by atomic mass is 10.0. The molecule has 3 rings (SSSR count). The van der Waals surface area contributed by atoms with Crippen molar-refractivity contribution in [3.8, 4) is 0 Å². The Bertz CT molecular complexity index is 726. The van der Waals surface area contributed by atoms with Crippen LogP contribution in [0.5, 0.6) is 0 Å². The molecule has 1 saturated heterocycles. The lowest BCUT2D eigenvalue weighted by Crippen LogP contribution is -2.46. The highest BCUT2D eigenvalue weighted by atomic mass is 35.5. The van der Waals surface area contributed by atoms with Crippen molar-refractivity contribution in [2.45, 2.75) is 30.2 Å². The maximum absolute atomic E-state index is 12.3. The minimum absolute atomic E-state index is 0.0112. The van der Waals surface area contributed by atoms with Crippen molar-refractivity contribution in [2.24, 2.45) is 0 Å². The molecule has 0 spiro atoms. The van der Waals surface area contributed by atoms with Gasteiger partial charge < -0.3 is 14.6 Å². The number of hydrogen-bond donors (Lipinski definition) is 1. The summed E-state index contributed by atoms with van der Waals surface area (Å²) < 4.78 is 4.96. The van der Waals surface area contributed by atoms with Crippen molar-refractivity contribution >= 4 is 35.2 Å². The second-order valence-corrected chi connectivity index (χ2v) is 7.80. The van der Waals surface area contributed by atoms with Gasteiger partial charge in [0.1, 0.15) is 6.26 Å². The van der Waals surface area contributed by atoms with Crippen molar-refractivity contribution in [1.82, 2.24) is 10.2 Å². The smallest absolute Gasteiger partial charge is 0.257 e. The van der Waals surface area contributed by atoms with E-state index in [-0.39, 0.29) is 17.9 Å². The molecule has 1 aromatic heterocycles. The second kappa shape index (κ2) is 9.14. The number of piperidine rings is 1. The number of carbonyl (C=O) groups is 2. The largest absolute Gasteiger partial charge is 0.472 e. The van der Waals surface area contributed by atoms with Gasteiger partial charge in [-0.2, -0.15) is 0 Å². The number of amides is 2. The van der Waals surface area contributed by atoms with E-state index in [1.807, 2.05) is 29.2 Å². The number of thioether (sulfide) groups is 1. The van der Waals surface area contributed by atoms with Gasteiger partial charge in [-0.05, 0) is 43.2 Å². The highest BCUT2D eigenvalue weighted by molar-refractivity contribution is 7.99. The van der Waals surface area contributed by atoms with Crippen molar-refractivity contribution in [2.75, 3.05) is 18.8 Å². The second-order valence-electron chi connectivity index (χ2n) is 6.20. The Morgan fingerprint density at radius 3 is 2.58 bits per heavy atom. The summed E-state index contributed by atoms with van der Waals surface area (Å²) in [7, 11) is 0. The van der Waals surface area contributed by atoms with E-state index in [0.717, 1.165) is 23.5 Å². The number of likely N-dealkylation sites (tertiary alicyclic amines) is 1. The van der Waals surface area contributed by atoms with Gasteiger partial charge in [0.25, 0.3) is 5.91 Å². The number of rotatable bonds is 6. The van der Waals surface area contributed by atoms with E-state index in [2.05, 4.69) is 5.32 Å². The summed E-state index contributed by atoms with van der Waals surface area (Å²) in [4.78, 5) is 27.3. The Morgan fingerprint density at radius 1 is 1.19 bits per heavy atom. The van der Waals surface area contributed by atoms with E-state index in [0.29, 0.717) is 30.1 Å². The Morgan fingerprint density at radius 2 is 1.92 bits per heavy atom. The topological polar surface area (TPSA) is 62.6 Å². The lowest BCUT2D eigenvalue weighted by Gasteiger charge is -2.32. The molecule has 0 saturated carbocycles. The van der Waals surface area contributed by atoms with Gasteiger partial charge in [-0.3, -0.25) is 9.59 Å². The zero-order valence-corrected chi connectivity index (χ0v) is 15.9. The summed E-state index contributed by atoms with van der Waals surface area (Å²) in [6.45, 7) is 1.29. The van der Waals surface area contributed by atoms with Gasteiger partial charge >= 0.3 is 0 Å². The van der Waals surface area contributed by atoms with Crippen molar-refractivity contribution < 1.29 is 14.0 Å². The average molecular weight is 393 g/mol. The van der Waals surface area contributed by atoms with E-state index < -0.39 is 0 Å². The first-order chi connectivity index (χ1) is 12.6. The number of halogens is 1. The highest BCUT2D eigenvalue weighted by Gasteiger charge is 2.24. The SMILES string of the molecule is O=C(CCSc1ccc(Cl)cc1)NC1CCN(C(=O)c2ccoc2)CC1. The van der Waals surface area contributed by atoms with Gasteiger partial charge in [0.2, 0.25) is 5.91 Å². The number of nitrogens with one attached hydrogen (secondary N) is 1. The van der Waals surface area contributed by atoms with E-state index >= 15 is 0 Å². The third kappa shape index (κ3) is 5.29. The van der Waals surface area contributed by atoms with E-state index in [9.17, 15) is 9.59 Å². The summed E-state index contributed by atoms with van der Waals surface area (Å²) in [5.41, 5.74) is 0.576. The molecule has 0 unspecified atom stereocenters. The van der Waals surface area contributed by atoms with Crippen LogP contribution in [0.2, 0.25) is 5.02 Å². The van der Waals surface area contributed by atoms with Gasteiger partial charge in [0.15, 0.2) is 0 Å². The molecule has 0 bridgehead atoms. The molecule has 5 nitrogen and oxygen atoms in total. The summed E-state index contributed by atoms with van der Waals surface area (Å²) in [5, 5.41) is 3.79. The van der Waals surface area contributed by atoms with E-state index in [1.54, 1.807) is 17.8 Å². The maximum atomic E-state index is 12.3. The van der Waals surface area contributed by atoms with Crippen molar-refractivity contribution in [3.05, 3.63) is 53.4 Å². The van der Waals surface area contributed by atoms with E-state index in [1.165, 1.54) is 12.5 Å². The monoisotopic (exact) mass is 392 g/mol. The summed E-state index contributed by atoms with van der Waals surface area (Å²) in [5.74, 6) is 0.777. The predicted molar refractivity (Wildman–Crippen MR) is 103 cm³/mol. The van der Waals surface area contributed by atoms with Crippen LogP contribution in [0.25, 0.3) is 0 Å². The van der Waals surface area contributed by atoms with Crippen LogP contribution in [-0.2, 0) is 4.79 Å². The number of hydrogen-bond acceptors (Lipinski definition) is 4. The molecule has 2 aromatic rings. The molecule has 1 fully saturated rings. The summed E-state index contributed by atoms with van der Waals surface area (Å²) >= 11 is 7.50. The molecule has 0 radical (unpaired) electrons. The molecule has 1 aliphatic rings. The van der Waals surface area contributed by atoms with Crippen LogP contribution in [0.3, 0.4) is 0 Å². The fourth-order valence-corrected chi connectivity index (χ4v) is 3.87. The van der Waals surface area contributed by atoms with Crippen LogP contribution in [0, 0.1) is 0 Å². The minimum atomic E-state index is -0.0112. The number of carbonyl (C=O) groups excluding carboxylic acids is 2. The first-order valence-electron chi connectivity index (χ1n) is 8.61. The van der Waals surface area contributed by atoms with Crippen molar-refractivity contribution in [3.63, 3.8) is 0 Å². The van der Waals surface area contributed by atoms with Crippen LogP contribution < -0.4 is 5.32 Å². The molecule has 2 amide bonds. The summed E-state index contributed by atoms with van der Waals surface area (Å²) in [6.07, 6.45) is 5.00. The molecule has 138 valence electrons. The zero-order valence-electron chi connectivity index (χ0n) is 14.3. The van der Waals surface area contributed by atoms with Crippen molar-refractivity contribution in [1.29, 1.82) is 0 Å². The molecule has 1 N–H and O–H groups in total. The lowest BCUT2D eigenvalue weighted by molar-refractivity contribution is -0.121. The van der Waals surface area contributed by atoms with Gasteiger partial charge in [0, 0.05) is 41.2 Å². The molecule has 0 aliphatic carbocycles. The zero-order chi connectivity index (χ0) is 18.4. The molecule has 26 heavy (non-hydrogen) atoms. The average Bonchev–Trinajstić information content (AvgIpc) is 3.18. The molecule has 7 heteroatoms. The standard InChI is InChI=1S/C19H21ClN2O3S/c20-15-1-3-17(4-2-15)26-12-8-18(23)21-16-5-9-22(10-6-16)19(24)14-7-11-25-13-14/h1-4,7,11,13,16H,5-6,8-10,12H2,(H,21,23). The Kier molecular flexibility index (Phi) is 6.63. The fraction of sp³-hybridized carbons (Fsp3) is 0.368. The predicted octanol–water partition coefficient (Wildman–Crippen LogP) is 3.84. The molecule has 1 aliphatic heterocycles. The van der Waals surface area contributed by atoms with Crippen LogP contribution in [0.1, 0.15) is 29.6 Å². The minimum Gasteiger partial charge on any atom is -0.472 e. The molecule has 2 heterocycles.